The summed E-state index contributed by atoms with van der Waals surface area (Å²) in [5.74, 6) is 5.45. The molecule has 0 aliphatic carbocycles. The molecule has 2 aromatic heterocycles. The Morgan fingerprint density at radius 2 is 2.19 bits per heavy atom. The van der Waals surface area contributed by atoms with E-state index >= 15 is 0 Å². The van der Waals surface area contributed by atoms with E-state index in [1.54, 1.807) is 24.4 Å². The lowest BCUT2D eigenvalue weighted by molar-refractivity contribution is -0.115. The van der Waals surface area contributed by atoms with Crippen molar-refractivity contribution in [2.24, 2.45) is 0 Å². The molecule has 106 valence electrons. The fourth-order valence-corrected chi connectivity index (χ4v) is 1.75. The van der Waals surface area contributed by atoms with Crippen LogP contribution in [-0.4, -0.2) is 27.6 Å². The minimum Gasteiger partial charge on any atom is -0.384 e. The van der Waals surface area contributed by atoms with Crippen LogP contribution in [0.4, 0.5) is 5.82 Å². The van der Waals surface area contributed by atoms with E-state index in [0.29, 0.717) is 11.5 Å². The quantitative estimate of drug-likeness (QED) is 0.832. The topological polar surface area (TPSA) is 75.1 Å². The summed E-state index contributed by atoms with van der Waals surface area (Å²) in [6.45, 7) is 1.69. The molecule has 2 rings (SSSR count). The van der Waals surface area contributed by atoms with Gasteiger partial charge in [-0.2, -0.15) is 0 Å². The maximum absolute atomic E-state index is 12.0. The molecule has 0 spiro atoms. The second-order valence-corrected chi connectivity index (χ2v) is 4.36. The minimum atomic E-state index is -0.225. The first kappa shape index (κ1) is 14.7. The number of nitrogens with zero attached hydrogens (tertiary/aromatic N) is 2. The van der Waals surface area contributed by atoms with Crippen LogP contribution in [0.2, 0.25) is 0 Å². The number of carbonyl (C=O) groups excluding carboxylic acids is 1. The van der Waals surface area contributed by atoms with Gasteiger partial charge in [-0.1, -0.05) is 18.1 Å². The lowest BCUT2D eigenvalue weighted by Gasteiger charge is -2.06. The van der Waals surface area contributed by atoms with Crippen molar-refractivity contribution in [2.75, 3.05) is 11.9 Å². The zero-order valence-corrected chi connectivity index (χ0v) is 11.6. The Balaban J connectivity index is 2.04. The van der Waals surface area contributed by atoms with Gasteiger partial charge in [0.25, 0.3) is 0 Å². The SMILES string of the molecule is Cc1cccnc1CC(=O)Nc1cccc(C#CCO)n1. The van der Waals surface area contributed by atoms with Gasteiger partial charge in [0.05, 0.1) is 12.1 Å². The Kier molecular flexibility index (Phi) is 5.02. The molecule has 0 saturated carbocycles. The number of hydrogen-bond donors (Lipinski definition) is 2. The highest BCUT2D eigenvalue weighted by molar-refractivity contribution is 5.91. The number of aromatic nitrogens is 2. The van der Waals surface area contributed by atoms with E-state index < -0.39 is 0 Å². The predicted octanol–water partition coefficient (Wildman–Crippen LogP) is 1.31. The molecular weight excluding hydrogens is 266 g/mol. The number of rotatable bonds is 3. The van der Waals surface area contributed by atoms with Crippen molar-refractivity contribution in [3.63, 3.8) is 0 Å². The maximum Gasteiger partial charge on any atom is 0.231 e. The first-order valence-electron chi connectivity index (χ1n) is 6.46. The third-order valence-electron chi connectivity index (χ3n) is 2.76. The molecule has 0 saturated heterocycles. The van der Waals surface area contributed by atoms with Crippen molar-refractivity contribution in [3.8, 4) is 11.8 Å². The summed E-state index contributed by atoms with van der Waals surface area (Å²) in [6, 6.07) is 8.89. The number of pyridine rings is 2. The zero-order valence-electron chi connectivity index (χ0n) is 11.6. The fourth-order valence-electron chi connectivity index (χ4n) is 1.75. The van der Waals surface area contributed by atoms with Gasteiger partial charge in [-0.15, -0.1) is 0 Å². The van der Waals surface area contributed by atoms with Crippen LogP contribution in [0.25, 0.3) is 0 Å². The second-order valence-electron chi connectivity index (χ2n) is 4.36. The predicted molar refractivity (Wildman–Crippen MR) is 79.5 cm³/mol. The van der Waals surface area contributed by atoms with Crippen LogP contribution in [0.3, 0.4) is 0 Å². The van der Waals surface area contributed by atoms with Gasteiger partial charge in [0.1, 0.15) is 18.1 Å². The molecular formula is C16H15N3O2. The highest BCUT2D eigenvalue weighted by Gasteiger charge is 2.08. The Morgan fingerprint density at radius 3 is 2.95 bits per heavy atom. The van der Waals surface area contributed by atoms with Crippen LogP contribution in [-0.2, 0) is 11.2 Å². The number of amides is 1. The number of nitrogens with one attached hydrogen (secondary N) is 1. The van der Waals surface area contributed by atoms with Crippen molar-refractivity contribution >= 4 is 11.7 Å². The first-order chi connectivity index (χ1) is 10.2. The third-order valence-corrected chi connectivity index (χ3v) is 2.76. The standard InChI is InChI=1S/C16H15N3O2/c1-12-5-3-9-17-14(12)11-16(21)19-15-8-2-6-13(18-15)7-4-10-20/h2-3,5-6,8-9,20H,10-11H2,1H3,(H,18,19,21). The van der Waals surface area contributed by atoms with Crippen LogP contribution < -0.4 is 5.32 Å². The van der Waals surface area contributed by atoms with Gasteiger partial charge in [-0.25, -0.2) is 4.98 Å². The summed E-state index contributed by atoms with van der Waals surface area (Å²) in [4.78, 5) is 20.4. The molecule has 0 radical (unpaired) electrons. The number of hydrogen-bond acceptors (Lipinski definition) is 4. The Bertz CT molecular complexity index is 702. The maximum atomic E-state index is 12.0. The molecule has 1 amide bonds. The summed E-state index contributed by atoms with van der Waals surface area (Å²) >= 11 is 0. The molecule has 0 bridgehead atoms. The van der Waals surface area contributed by atoms with Crippen LogP contribution in [0.1, 0.15) is 17.0 Å². The molecule has 0 aliphatic rings. The van der Waals surface area contributed by atoms with Crippen LogP contribution in [0, 0.1) is 18.8 Å². The molecule has 21 heavy (non-hydrogen) atoms. The minimum absolute atomic E-state index is 0.184. The van der Waals surface area contributed by atoms with Gasteiger partial charge in [0.2, 0.25) is 5.91 Å². The largest absolute Gasteiger partial charge is 0.384 e. The highest BCUT2D eigenvalue weighted by Crippen LogP contribution is 2.07. The lowest BCUT2D eigenvalue weighted by Crippen LogP contribution is -2.16. The third kappa shape index (κ3) is 4.41. The fraction of sp³-hybridized carbons (Fsp3) is 0.188. The van der Waals surface area contributed by atoms with Crippen molar-refractivity contribution in [1.82, 2.24) is 9.97 Å². The van der Waals surface area contributed by atoms with E-state index in [1.807, 2.05) is 19.1 Å². The molecule has 0 aromatic carbocycles. The summed E-state index contributed by atoms with van der Waals surface area (Å²) in [5, 5.41) is 11.4. The average Bonchev–Trinajstić information content (AvgIpc) is 2.48. The normalized spacial score (nSPS) is 9.62. The van der Waals surface area contributed by atoms with E-state index in [2.05, 4.69) is 27.1 Å². The number of aliphatic hydroxyl groups excluding tert-OH is 1. The summed E-state index contributed by atoms with van der Waals surface area (Å²) in [7, 11) is 0. The van der Waals surface area contributed by atoms with E-state index in [0.717, 1.165) is 11.3 Å². The van der Waals surface area contributed by atoms with Crippen molar-refractivity contribution in [1.29, 1.82) is 0 Å². The van der Waals surface area contributed by atoms with E-state index in [-0.39, 0.29) is 18.9 Å². The second kappa shape index (κ2) is 7.17. The van der Waals surface area contributed by atoms with Crippen LogP contribution in [0.15, 0.2) is 36.5 Å². The Morgan fingerprint density at radius 1 is 1.33 bits per heavy atom. The van der Waals surface area contributed by atoms with Crippen LogP contribution >= 0.6 is 0 Å². The molecule has 2 heterocycles. The first-order valence-corrected chi connectivity index (χ1v) is 6.46. The van der Waals surface area contributed by atoms with Gasteiger partial charge in [-0.05, 0) is 36.6 Å². The molecule has 5 nitrogen and oxygen atoms in total. The van der Waals surface area contributed by atoms with Gasteiger partial charge in [0.15, 0.2) is 0 Å². The van der Waals surface area contributed by atoms with Crippen molar-refractivity contribution in [2.45, 2.75) is 13.3 Å². The monoisotopic (exact) mass is 281 g/mol. The average molecular weight is 281 g/mol. The van der Waals surface area contributed by atoms with Crippen LogP contribution in [0.5, 0.6) is 0 Å². The number of anilines is 1. The Hall–Kier alpha value is -2.71. The zero-order chi connectivity index (χ0) is 15.1. The molecule has 2 aromatic rings. The van der Waals surface area contributed by atoms with Gasteiger partial charge >= 0.3 is 0 Å². The molecule has 5 heteroatoms. The molecule has 0 unspecified atom stereocenters. The molecule has 0 fully saturated rings. The number of aliphatic hydroxyl groups is 1. The van der Waals surface area contributed by atoms with E-state index in [1.165, 1.54) is 0 Å². The molecule has 2 N–H and O–H groups in total. The molecule has 0 aliphatic heterocycles. The molecule has 0 atom stereocenters. The summed E-state index contributed by atoms with van der Waals surface area (Å²) in [6.07, 6.45) is 1.86. The summed E-state index contributed by atoms with van der Waals surface area (Å²) in [5.41, 5.74) is 2.21. The van der Waals surface area contributed by atoms with Gasteiger partial charge in [0, 0.05) is 6.20 Å². The van der Waals surface area contributed by atoms with E-state index in [9.17, 15) is 4.79 Å². The number of carbonyl (C=O) groups is 1. The lowest BCUT2D eigenvalue weighted by atomic mass is 10.1. The van der Waals surface area contributed by atoms with Crippen molar-refractivity contribution in [3.05, 3.63) is 53.5 Å². The summed E-state index contributed by atoms with van der Waals surface area (Å²) < 4.78 is 0. The van der Waals surface area contributed by atoms with Crippen molar-refractivity contribution < 1.29 is 9.90 Å². The number of aryl methyl sites for hydroxylation is 1. The van der Waals surface area contributed by atoms with Gasteiger partial charge in [-0.3, -0.25) is 9.78 Å². The highest BCUT2D eigenvalue weighted by atomic mass is 16.2. The Labute approximate surface area is 123 Å². The van der Waals surface area contributed by atoms with E-state index in [4.69, 9.17) is 5.11 Å². The smallest absolute Gasteiger partial charge is 0.231 e. The van der Waals surface area contributed by atoms with Gasteiger partial charge < -0.3 is 10.4 Å².